The summed E-state index contributed by atoms with van der Waals surface area (Å²) in [6, 6.07) is 8.11. The zero-order valence-electron chi connectivity index (χ0n) is 11.5. The van der Waals surface area contributed by atoms with Gasteiger partial charge in [-0.3, -0.25) is 4.79 Å². The fraction of sp³-hybridized carbons (Fsp3) is 0.533. The molecule has 104 valence electrons. The van der Waals surface area contributed by atoms with Gasteiger partial charge in [-0.2, -0.15) is 0 Å². The summed E-state index contributed by atoms with van der Waals surface area (Å²) in [7, 11) is 0. The standard InChI is InChI=1S/C15H21NO3/c1-3-18-10-11(2)19-15(17)8-12-9-16-14-7-5-4-6-13(12)14/h4-7,11-12,16H,3,8-10H2,1-2H3. The van der Waals surface area contributed by atoms with Gasteiger partial charge in [0.25, 0.3) is 0 Å². The molecule has 1 heterocycles. The molecule has 0 fully saturated rings. The second-order valence-corrected chi connectivity index (χ2v) is 4.83. The lowest BCUT2D eigenvalue weighted by Crippen LogP contribution is -2.22. The Kier molecular flexibility index (Phi) is 4.80. The quantitative estimate of drug-likeness (QED) is 0.801. The number of carbonyl (C=O) groups excluding carboxylic acids is 1. The predicted octanol–water partition coefficient (Wildman–Crippen LogP) is 2.55. The van der Waals surface area contributed by atoms with Crippen molar-refractivity contribution in [3.05, 3.63) is 29.8 Å². The zero-order valence-corrected chi connectivity index (χ0v) is 11.5. The van der Waals surface area contributed by atoms with Crippen LogP contribution in [0.1, 0.15) is 31.7 Å². The van der Waals surface area contributed by atoms with Crippen molar-refractivity contribution < 1.29 is 14.3 Å². The summed E-state index contributed by atoms with van der Waals surface area (Å²) >= 11 is 0. The van der Waals surface area contributed by atoms with E-state index in [1.165, 1.54) is 5.56 Å². The molecule has 0 spiro atoms. The Hall–Kier alpha value is -1.55. The summed E-state index contributed by atoms with van der Waals surface area (Å²) in [6.45, 7) is 5.68. The Balaban J connectivity index is 1.84. The highest BCUT2D eigenvalue weighted by Gasteiger charge is 2.25. The lowest BCUT2D eigenvalue weighted by molar-refractivity contribution is -0.151. The number of esters is 1. The average molecular weight is 263 g/mol. The van der Waals surface area contributed by atoms with Crippen molar-refractivity contribution in [2.75, 3.05) is 25.1 Å². The third kappa shape index (κ3) is 3.70. The molecule has 1 aromatic rings. The Morgan fingerprint density at radius 3 is 3.05 bits per heavy atom. The summed E-state index contributed by atoms with van der Waals surface area (Å²) in [5, 5.41) is 3.31. The number of hydrogen-bond donors (Lipinski definition) is 1. The normalized spacial score (nSPS) is 18.5. The number of hydrogen-bond acceptors (Lipinski definition) is 4. The van der Waals surface area contributed by atoms with Crippen molar-refractivity contribution in [1.82, 2.24) is 0 Å². The maximum absolute atomic E-state index is 11.9. The van der Waals surface area contributed by atoms with E-state index in [-0.39, 0.29) is 18.0 Å². The highest BCUT2D eigenvalue weighted by atomic mass is 16.6. The molecule has 4 heteroatoms. The van der Waals surface area contributed by atoms with E-state index in [0.29, 0.717) is 19.6 Å². The molecule has 2 atom stereocenters. The fourth-order valence-electron chi connectivity index (χ4n) is 2.33. The van der Waals surface area contributed by atoms with Crippen LogP contribution in [0.5, 0.6) is 0 Å². The van der Waals surface area contributed by atoms with Gasteiger partial charge in [-0.1, -0.05) is 18.2 Å². The molecule has 1 N–H and O–H groups in total. The molecule has 4 nitrogen and oxygen atoms in total. The number of nitrogens with one attached hydrogen (secondary N) is 1. The largest absolute Gasteiger partial charge is 0.460 e. The van der Waals surface area contributed by atoms with Crippen LogP contribution in [0.4, 0.5) is 5.69 Å². The molecule has 19 heavy (non-hydrogen) atoms. The fourth-order valence-corrected chi connectivity index (χ4v) is 2.33. The molecule has 0 amide bonds. The van der Waals surface area contributed by atoms with Crippen LogP contribution in [0.3, 0.4) is 0 Å². The van der Waals surface area contributed by atoms with Gasteiger partial charge in [0.2, 0.25) is 0 Å². The number of rotatable bonds is 6. The molecule has 0 saturated heterocycles. The van der Waals surface area contributed by atoms with Gasteiger partial charge in [-0.15, -0.1) is 0 Å². The van der Waals surface area contributed by atoms with Gasteiger partial charge < -0.3 is 14.8 Å². The van der Waals surface area contributed by atoms with Gasteiger partial charge >= 0.3 is 5.97 Å². The van der Waals surface area contributed by atoms with E-state index < -0.39 is 0 Å². The van der Waals surface area contributed by atoms with E-state index in [9.17, 15) is 4.79 Å². The number of ether oxygens (including phenoxy) is 2. The van der Waals surface area contributed by atoms with Gasteiger partial charge in [-0.05, 0) is 25.5 Å². The van der Waals surface area contributed by atoms with Crippen LogP contribution in [0.2, 0.25) is 0 Å². The molecular formula is C15H21NO3. The second kappa shape index (κ2) is 6.57. The van der Waals surface area contributed by atoms with E-state index in [1.807, 2.05) is 32.0 Å². The minimum Gasteiger partial charge on any atom is -0.460 e. The van der Waals surface area contributed by atoms with Crippen LogP contribution in [0, 0.1) is 0 Å². The van der Waals surface area contributed by atoms with Gasteiger partial charge in [-0.25, -0.2) is 0 Å². The van der Waals surface area contributed by atoms with Crippen molar-refractivity contribution in [3.8, 4) is 0 Å². The minimum absolute atomic E-state index is 0.157. The van der Waals surface area contributed by atoms with E-state index >= 15 is 0 Å². The van der Waals surface area contributed by atoms with E-state index in [0.717, 1.165) is 12.2 Å². The van der Waals surface area contributed by atoms with Gasteiger partial charge in [0.1, 0.15) is 6.10 Å². The Morgan fingerprint density at radius 1 is 1.47 bits per heavy atom. The van der Waals surface area contributed by atoms with Crippen LogP contribution >= 0.6 is 0 Å². The number of benzene rings is 1. The maximum Gasteiger partial charge on any atom is 0.306 e. The summed E-state index contributed by atoms with van der Waals surface area (Å²) in [5.74, 6) is 0.0544. The van der Waals surface area contributed by atoms with Crippen molar-refractivity contribution in [1.29, 1.82) is 0 Å². The molecule has 2 unspecified atom stereocenters. The highest BCUT2D eigenvalue weighted by Crippen LogP contribution is 2.33. The summed E-state index contributed by atoms with van der Waals surface area (Å²) < 4.78 is 10.6. The molecule has 1 aliphatic rings. The summed E-state index contributed by atoms with van der Waals surface area (Å²) in [6.07, 6.45) is 0.234. The zero-order chi connectivity index (χ0) is 13.7. The monoisotopic (exact) mass is 263 g/mol. The first-order chi connectivity index (χ1) is 9.20. The minimum atomic E-state index is -0.183. The SMILES string of the molecule is CCOCC(C)OC(=O)CC1CNc2ccccc21. The van der Waals surface area contributed by atoms with E-state index in [1.54, 1.807) is 0 Å². The lowest BCUT2D eigenvalue weighted by atomic mass is 9.98. The van der Waals surface area contributed by atoms with Crippen molar-refractivity contribution >= 4 is 11.7 Å². The van der Waals surface area contributed by atoms with Crippen LogP contribution in [0.25, 0.3) is 0 Å². The molecule has 1 aromatic carbocycles. The van der Waals surface area contributed by atoms with Crippen LogP contribution in [-0.2, 0) is 14.3 Å². The maximum atomic E-state index is 11.9. The first-order valence-electron chi connectivity index (χ1n) is 6.80. The molecule has 1 aliphatic heterocycles. The molecule has 0 radical (unpaired) electrons. The third-order valence-electron chi connectivity index (χ3n) is 3.24. The molecule has 0 bridgehead atoms. The summed E-state index contributed by atoms with van der Waals surface area (Å²) in [4.78, 5) is 11.9. The Bertz CT molecular complexity index is 433. The summed E-state index contributed by atoms with van der Waals surface area (Å²) in [5.41, 5.74) is 2.33. The average Bonchev–Trinajstić information content (AvgIpc) is 2.80. The number of fused-ring (bicyclic) bond motifs is 1. The first kappa shape index (κ1) is 13.9. The lowest BCUT2D eigenvalue weighted by Gasteiger charge is -2.15. The van der Waals surface area contributed by atoms with Crippen LogP contribution in [-0.4, -0.2) is 31.8 Å². The molecule has 0 aliphatic carbocycles. The first-order valence-corrected chi connectivity index (χ1v) is 6.80. The van der Waals surface area contributed by atoms with Crippen molar-refractivity contribution in [2.24, 2.45) is 0 Å². The number of carbonyl (C=O) groups is 1. The number of anilines is 1. The highest BCUT2D eigenvalue weighted by molar-refractivity contribution is 5.72. The Labute approximate surface area is 114 Å². The van der Waals surface area contributed by atoms with Crippen molar-refractivity contribution in [2.45, 2.75) is 32.3 Å². The van der Waals surface area contributed by atoms with Crippen molar-refractivity contribution in [3.63, 3.8) is 0 Å². The molecule has 2 rings (SSSR count). The van der Waals surface area contributed by atoms with Gasteiger partial charge in [0.05, 0.1) is 13.0 Å². The topological polar surface area (TPSA) is 47.6 Å². The van der Waals surface area contributed by atoms with Crippen LogP contribution in [0.15, 0.2) is 24.3 Å². The van der Waals surface area contributed by atoms with Crippen LogP contribution < -0.4 is 5.32 Å². The third-order valence-corrected chi connectivity index (χ3v) is 3.24. The smallest absolute Gasteiger partial charge is 0.306 e. The molecule has 0 aromatic heterocycles. The van der Waals surface area contributed by atoms with Gasteiger partial charge in [0.15, 0.2) is 0 Å². The molecule has 0 saturated carbocycles. The van der Waals surface area contributed by atoms with Gasteiger partial charge in [0, 0.05) is 24.8 Å². The number of para-hydroxylation sites is 1. The second-order valence-electron chi connectivity index (χ2n) is 4.83. The molecular weight excluding hydrogens is 242 g/mol. The Morgan fingerprint density at radius 2 is 2.26 bits per heavy atom. The van der Waals surface area contributed by atoms with E-state index in [2.05, 4.69) is 11.4 Å². The van der Waals surface area contributed by atoms with E-state index in [4.69, 9.17) is 9.47 Å². The predicted molar refractivity (Wildman–Crippen MR) is 74.3 cm³/mol.